The lowest BCUT2D eigenvalue weighted by Gasteiger charge is -2.03. The van der Waals surface area contributed by atoms with Gasteiger partial charge in [0.15, 0.2) is 0 Å². The Kier molecular flexibility index (Phi) is 4.88. The van der Waals surface area contributed by atoms with Crippen molar-refractivity contribution < 1.29 is 14.7 Å². The summed E-state index contributed by atoms with van der Waals surface area (Å²) in [5.41, 5.74) is 0.433. The van der Waals surface area contributed by atoms with Gasteiger partial charge in [-0.2, -0.15) is 5.10 Å². The van der Waals surface area contributed by atoms with E-state index in [0.29, 0.717) is 12.2 Å². The van der Waals surface area contributed by atoms with E-state index in [-0.39, 0.29) is 6.54 Å². The lowest BCUT2D eigenvalue weighted by Crippen LogP contribution is -2.27. The molecular weight excluding hydrogens is 294 g/mol. The summed E-state index contributed by atoms with van der Waals surface area (Å²) in [5, 5.41) is 18.5. The number of nitrogens with zero attached hydrogens (tertiary/aromatic N) is 3. The van der Waals surface area contributed by atoms with Crippen LogP contribution < -0.4 is 10.6 Å². The van der Waals surface area contributed by atoms with Crippen molar-refractivity contribution in [1.82, 2.24) is 20.1 Å². The maximum atomic E-state index is 11.7. The summed E-state index contributed by atoms with van der Waals surface area (Å²) < 4.78 is 1.23. The molecule has 0 fully saturated rings. The number of aliphatic carboxylic acids is 1. The van der Waals surface area contributed by atoms with Crippen molar-refractivity contribution in [2.45, 2.75) is 26.4 Å². The summed E-state index contributed by atoms with van der Waals surface area (Å²) in [4.78, 5) is 27.6. The van der Waals surface area contributed by atoms with E-state index in [1.807, 2.05) is 6.92 Å². The Bertz CT molecular complexity index is 636. The van der Waals surface area contributed by atoms with E-state index in [9.17, 15) is 9.59 Å². The van der Waals surface area contributed by atoms with Gasteiger partial charge in [-0.25, -0.2) is 9.78 Å². The fourth-order valence-corrected chi connectivity index (χ4v) is 2.38. The van der Waals surface area contributed by atoms with Crippen LogP contribution >= 0.6 is 11.3 Å². The second-order valence-electron chi connectivity index (χ2n) is 4.20. The first-order valence-electron chi connectivity index (χ1n) is 6.29. The topological polar surface area (TPSA) is 109 Å². The molecule has 2 rings (SSSR count). The van der Waals surface area contributed by atoms with E-state index in [0.717, 1.165) is 11.4 Å². The number of carbonyl (C=O) groups is 2. The molecular formula is C12H15N5O3S. The highest BCUT2D eigenvalue weighted by Crippen LogP contribution is 2.13. The number of hydrogen-bond donors (Lipinski definition) is 3. The number of carboxylic acid groups (broad SMARTS) is 1. The van der Waals surface area contributed by atoms with Crippen LogP contribution in [0.2, 0.25) is 0 Å². The van der Waals surface area contributed by atoms with Crippen molar-refractivity contribution in [3.8, 4) is 0 Å². The van der Waals surface area contributed by atoms with Gasteiger partial charge in [-0.1, -0.05) is 6.92 Å². The second-order valence-corrected chi connectivity index (χ2v) is 5.40. The van der Waals surface area contributed by atoms with Crippen LogP contribution in [0.3, 0.4) is 0 Å². The molecule has 0 aliphatic carbocycles. The van der Waals surface area contributed by atoms with Crippen LogP contribution in [0.1, 0.15) is 16.8 Å². The lowest BCUT2D eigenvalue weighted by molar-refractivity contribution is -0.137. The summed E-state index contributed by atoms with van der Waals surface area (Å²) in [6.45, 7) is 2.15. The summed E-state index contributed by atoms with van der Waals surface area (Å²) >= 11 is 1.56. The van der Waals surface area contributed by atoms with E-state index in [1.54, 1.807) is 17.5 Å². The smallest absolute Gasteiger partial charge is 0.325 e. The SMILES string of the molecule is CCc1cnc(CNC(=O)Nc2cnn(CC(=O)O)c2)s1. The number of carboxylic acids is 1. The average molecular weight is 309 g/mol. The molecule has 0 aromatic carbocycles. The molecule has 0 saturated heterocycles. The zero-order chi connectivity index (χ0) is 15.2. The number of carbonyl (C=O) groups excluding carboxylic acids is 1. The Morgan fingerprint density at radius 1 is 1.43 bits per heavy atom. The normalized spacial score (nSPS) is 10.3. The van der Waals surface area contributed by atoms with Gasteiger partial charge >= 0.3 is 12.0 Å². The third kappa shape index (κ3) is 4.56. The van der Waals surface area contributed by atoms with E-state index in [4.69, 9.17) is 5.11 Å². The first-order valence-corrected chi connectivity index (χ1v) is 7.11. The van der Waals surface area contributed by atoms with Crippen LogP contribution in [-0.4, -0.2) is 31.9 Å². The molecule has 0 spiro atoms. The van der Waals surface area contributed by atoms with Gasteiger partial charge in [-0.3, -0.25) is 9.48 Å². The quantitative estimate of drug-likeness (QED) is 0.745. The largest absolute Gasteiger partial charge is 0.480 e. The zero-order valence-electron chi connectivity index (χ0n) is 11.4. The minimum Gasteiger partial charge on any atom is -0.480 e. The summed E-state index contributed by atoms with van der Waals surface area (Å²) in [6.07, 6.45) is 5.57. The molecule has 0 bridgehead atoms. The number of urea groups is 1. The third-order valence-corrected chi connectivity index (χ3v) is 3.68. The molecule has 2 aromatic rings. The molecule has 21 heavy (non-hydrogen) atoms. The minimum atomic E-state index is -0.996. The third-order valence-electron chi connectivity index (χ3n) is 2.54. The molecule has 112 valence electrons. The van der Waals surface area contributed by atoms with Gasteiger partial charge in [-0.05, 0) is 6.42 Å². The maximum absolute atomic E-state index is 11.7. The van der Waals surface area contributed by atoms with Crippen molar-refractivity contribution in [3.63, 3.8) is 0 Å². The predicted molar refractivity (Wildman–Crippen MR) is 77.2 cm³/mol. The minimum absolute atomic E-state index is 0.248. The van der Waals surface area contributed by atoms with Gasteiger partial charge in [0.25, 0.3) is 0 Å². The first-order chi connectivity index (χ1) is 10.1. The molecule has 0 radical (unpaired) electrons. The predicted octanol–water partition coefficient (Wildman–Crippen LogP) is 1.31. The summed E-state index contributed by atoms with van der Waals surface area (Å²) in [5.74, 6) is -0.996. The zero-order valence-corrected chi connectivity index (χ0v) is 12.2. The Morgan fingerprint density at radius 2 is 2.24 bits per heavy atom. The van der Waals surface area contributed by atoms with E-state index >= 15 is 0 Å². The van der Waals surface area contributed by atoms with Crippen molar-refractivity contribution in [2.75, 3.05) is 5.32 Å². The molecule has 2 heterocycles. The standard InChI is InChI=1S/C12H15N5O3S/c1-2-9-4-13-10(21-9)5-14-12(20)16-8-3-15-17(6-8)7-11(18)19/h3-4,6H,2,5,7H2,1H3,(H,18,19)(H2,14,16,20). The highest BCUT2D eigenvalue weighted by Gasteiger charge is 2.07. The van der Waals surface area contributed by atoms with E-state index in [1.165, 1.54) is 22.0 Å². The number of aromatic nitrogens is 3. The van der Waals surface area contributed by atoms with Crippen molar-refractivity contribution in [2.24, 2.45) is 0 Å². The Labute approximate surface area is 124 Å². The number of anilines is 1. The van der Waals surface area contributed by atoms with Crippen LogP contribution in [0.4, 0.5) is 10.5 Å². The Hall–Kier alpha value is -2.42. The monoisotopic (exact) mass is 309 g/mol. The molecule has 0 atom stereocenters. The molecule has 0 unspecified atom stereocenters. The number of amides is 2. The maximum Gasteiger partial charge on any atom is 0.325 e. The molecule has 9 heteroatoms. The number of thiazole rings is 1. The van der Waals surface area contributed by atoms with Gasteiger partial charge in [0.1, 0.15) is 11.6 Å². The number of aryl methyl sites for hydroxylation is 1. The highest BCUT2D eigenvalue weighted by atomic mass is 32.1. The second kappa shape index (κ2) is 6.84. The molecule has 0 aliphatic rings. The molecule has 3 N–H and O–H groups in total. The molecule has 0 aliphatic heterocycles. The fraction of sp³-hybridized carbons (Fsp3) is 0.333. The number of hydrogen-bond acceptors (Lipinski definition) is 5. The molecule has 0 saturated carbocycles. The number of rotatable bonds is 6. The summed E-state index contributed by atoms with van der Waals surface area (Å²) in [7, 11) is 0. The lowest BCUT2D eigenvalue weighted by atomic mass is 10.4. The van der Waals surface area contributed by atoms with E-state index < -0.39 is 12.0 Å². The Morgan fingerprint density at radius 3 is 2.90 bits per heavy atom. The highest BCUT2D eigenvalue weighted by molar-refractivity contribution is 7.11. The van der Waals surface area contributed by atoms with Gasteiger partial charge < -0.3 is 15.7 Å². The van der Waals surface area contributed by atoms with Gasteiger partial charge in [0, 0.05) is 17.3 Å². The van der Waals surface area contributed by atoms with Crippen LogP contribution in [0, 0.1) is 0 Å². The Balaban J connectivity index is 1.81. The van der Waals surface area contributed by atoms with Gasteiger partial charge in [0.05, 0.1) is 18.4 Å². The van der Waals surface area contributed by atoms with Crippen LogP contribution in [0.5, 0.6) is 0 Å². The van der Waals surface area contributed by atoms with Crippen molar-refractivity contribution in [1.29, 1.82) is 0 Å². The number of nitrogens with one attached hydrogen (secondary N) is 2. The van der Waals surface area contributed by atoms with Gasteiger partial charge in [-0.15, -0.1) is 11.3 Å². The van der Waals surface area contributed by atoms with Crippen LogP contribution in [0.15, 0.2) is 18.6 Å². The average Bonchev–Trinajstić information content (AvgIpc) is 3.05. The fourth-order valence-electron chi connectivity index (χ4n) is 1.58. The first kappa shape index (κ1) is 15.0. The molecule has 8 nitrogen and oxygen atoms in total. The van der Waals surface area contributed by atoms with Crippen LogP contribution in [-0.2, 0) is 24.3 Å². The summed E-state index contributed by atoms with van der Waals surface area (Å²) in [6, 6.07) is -0.391. The van der Waals surface area contributed by atoms with Crippen LogP contribution in [0.25, 0.3) is 0 Å². The van der Waals surface area contributed by atoms with E-state index in [2.05, 4.69) is 20.7 Å². The van der Waals surface area contributed by atoms with Crippen molar-refractivity contribution in [3.05, 3.63) is 28.5 Å². The van der Waals surface area contributed by atoms with Crippen molar-refractivity contribution >= 4 is 29.0 Å². The molecule has 2 amide bonds. The molecule has 2 aromatic heterocycles. The van der Waals surface area contributed by atoms with Gasteiger partial charge in [0.2, 0.25) is 0 Å².